The molecule has 0 spiro atoms. The number of piperazine rings is 1. The number of carbonyl (C=O) groups excluding carboxylic acids is 1. The molecule has 0 aromatic heterocycles. The summed E-state index contributed by atoms with van der Waals surface area (Å²) in [5.41, 5.74) is 2.03. The molecule has 0 saturated carbocycles. The number of hydrogen-bond donors (Lipinski definition) is 0. The molecule has 1 amide bonds. The van der Waals surface area contributed by atoms with Crippen LogP contribution in [0.4, 0.5) is 4.39 Å². The van der Waals surface area contributed by atoms with Gasteiger partial charge in [0.05, 0.1) is 0 Å². The molecule has 3 rings (SSSR count). The zero-order valence-electron chi connectivity index (χ0n) is 19.5. The van der Waals surface area contributed by atoms with Gasteiger partial charge >= 0.3 is 0 Å². The van der Waals surface area contributed by atoms with Crippen molar-refractivity contribution in [3.8, 4) is 5.75 Å². The Hall–Kier alpha value is -2.15. The summed E-state index contributed by atoms with van der Waals surface area (Å²) in [5.74, 6) is 0.429. The van der Waals surface area contributed by atoms with Crippen molar-refractivity contribution in [3.05, 3.63) is 64.4 Å². The lowest BCUT2D eigenvalue weighted by molar-refractivity contribution is -0.139. The first kappa shape index (κ1) is 24.5. The largest absolute Gasteiger partial charge is 0.483 e. The van der Waals surface area contributed by atoms with Gasteiger partial charge in [0.15, 0.2) is 6.61 Å². The second-order valence-corrected chi connectivity index (χ2v) is 9.35. The molecule has 1 saturated heterocycles. The maximum atomic E-state index is 13.2. The van der Waals surface area contributed by atoms with Gasteiger partial charge in [-0.2, -0.15) is 0 Å². The molecule has 2 aromatic rings. The first-order chi connectivity index (χ1) is 15.2. The standard InChI is InChI=1S/C25H33ClFN3O2/c1-17-14-30(18(2)13-29(17)15-20-6-9-22(27)10-7-20)25(31)16-32-24-11-8-21(26)12-23(24)19(3)28(4)5/h6-12,17-19H,13-16H2,1-5H3/t17-,18+,19?/m0/s1. The topological polar surface area (TPSA) is 36.0 Å². The molecule has 0 bridgehead atoms. The molecule has 1 aliphatic rings. The normalized spacial score (nSPS) is 20.4. The highest BCUT2D eigenvalue weighted by atomic mass is 35.5. The first-order valence-electron chi connectivity index (χ1n) is 11.0. The van der Waals surface area contributed by atoms with Gasteiger partial charge in [0.2, 0.25) is 0 Å². The SMILES string of the molecule is CC(c1cc(Cl)ccc1OCC(=O)N1C[C@H](C)N(Cc2ccc(F)cc2)C[C@H]1C)N(C)C. The van der Waals surface area contributed by atoms with Crippen molar-refractivity contribution in [2.75, 3.05) is 33.8 Å². The maximum Gasteiger partial charge on any atom is 0.260 e. The smallest absolute Gasteiger partial charge is 0.260 e. The summed E-state index contributed by atoms with van der Waals surface area (Å²) in [6.07, 6.45) is 0. The number of rotatable bonds is 7. The third-order valence-corrected chi connectivity index (χ3v) is 6.52. The molecule has 2 aromatic carbocycles. The minimum Gasteiger partial charge on any atom is -0.483 e. The predicted molar refractivity (Wildman–Crippen MR) is 126 cm³/mol. The lowest BCUT2D eigenvalue weighted by Crippen LogP contribution is -2.58. The van der Waals surface area contributed by atoms with Gasteiger partial charge in [-0.3, -0.25) is 9.69 Å². The summed E-state index contributed by atoms with van der Waals surface area (Å²) in [6, 6.07) is 12.5. The van der Waals surface area contributed by atoms with Crippen molar-refractivity contribution in [1.29, 1.82) is 0 Å². The summed E-state index contributed by atoms with van der Waals surface area (Å²) in [5, 5.41) is 0.645. The van der Waals surface area contributed by atoms with Crippen LogP contribution in [0, 0.1) is 5.82 Å². The number of hydrogen-bond acceptors (Lipinski definition) is 4. The highest BCUT2D eigenvalue weighted by molar-refractivity contribution is 6.30. The zero-order chi connectivity index (χ0) is 23.4. The van der Waals surface area contributed by atoms with Gasteiger partial charge in [0, 0.05) is 48.3 Å². The molecule has 5 nitrogen and oxygen atoms in total. The summed E-state index contributed by atoms with van der Waals surface area (Å²) in [6.45, 7) is 8.37. The zero-order valence-corrected chi connectivity index (χ0v) is 20.3. The van der Waals surface area contributed by atoms with E-state index in [0.29, 0.717) is 17.3 Å². The van der Waals surface area contributed by atoms with E-state index in [9.17, 15) is 9.18 Å². The van der Waals surface area contributed by atoms with E-state index in [2.05, 4.69) is 30.6 Å². The quantitative estimate of drug-likeness (QED) is 0.603. The minimum atomic E-state index is -0.227. The molecule has 1 unspecified atom stereocenters. The lowest BCUT2D eigenvalue weighted by atomic mass is 10.1. The number of nitrogens with zero attached hydrogens (tertiary/aromatic N) is 3. The van der Waals surface area contributed by atoms with Gasteiger partial charge in [-0.15, -0.1) is 0 Å². The molecular weight excluding hydrogens is 429 g/mol. The maximum absolute atomic E-state index is 13.2. The monoisotopic (exact) mass is 461 g/mol. The van der Waals surface area contributed by atoms with Crippen LogP contribution in [-0.2, 0) is 11.3 Å². The fourth-order valence-electron chi connectivity index (χ4n) is 4.07. The van der Waals surface area contributed by atoms with E-state index < -0.39 is 0 Å². The fraction of sp³-hybridized carbons (Fsp3) is 0.480. The number of benzene rings is 2. The summed E-state index contributed by atoms with van der Waals surface area (Å²) in [7, 11) is 3.99. The van der Waals surface area contributed by atoms with Crippen LogP contribution in [0.3, 0.4) is 0 Å². The van der Waals surface area contributed by atoms with Crippen molar-refractivity contribution in [2.24, 2.45) is 0 Å². The molecule has 3 atom stereocenters. The van der Waals surface area contributed by atoms with E-state index >= 15 is 0 Å². The van der Waals surface area contributed by atoms with E-state index in [0.717, 1.165) is 24.2 Å². The molecule has 0 aliphatic carbocycles. The van der Waals surface area contributed by atoms with E-state index in [-0.39, 0.29) is 36.5 Å². The molecule has 0 N–H and O–H groups in total. The Bertz CT molecular complexity index is 922. The van der Waals surface area contributed by atoms with Gasteiger partial charge in [-0.25, -0.2) is 4.39 Å². The minimum absolute atomic E-state index is 0.0101. The molecule has 1 fully saturated rings. The number of carbonyl (C=O) groups is 1. The van der Waals surface area contributed by atoms with E-state index in [1.54, 1.807) is 6.07 Å². The molecule has 1 aliphatic heterocycles. The summed E-state index contributed by atoms with van der Waals surface area (Å²) in [4.78, 5) is 19.3. The van der Waals surface area contributed by atoms with Crippen LogP contribution in [0.25, 0.3) is 0 Å². The van der Waals surface area contributed by atoms with Crippen LogP contribution in [0.1, 0.15) is 37.9 Å². The summed E-state index contributed by atoms with van der Waals surface area (Å²) >= 11 is 6.19. The Balaban J connectivity index is 1.61. The third kappa shape index (κ3) is 6.00. The van der Waals surface area contributed by atoms with Crippen molar-refractivity contribution >= 4 is 17.5 Å². The lowest BCUT2D eigenvalue weighted by Gasteiger charge is -2.44. The molecule has 0 radical (unpaired) electrons. The van der Waals surface area contributed by atoms with Gasteiger partial charge in [0.1, 0.15) is 11.6 Å². The average molecular weight is 462 g/mol. The van der Waals surface area contributed by atoms with Crippen LogP contribution < -0.4 is 4.74 Å². The Labute approximate surface area is 195 Å². The Morgan fingerprint density at radius 1 is 1.16 bits per heavy atom. The van der Waals surface area contributed by atoms with Crippen molar-refractivity contribution in [2.45, 2.75) is 45.4 Å². The number of amides is 1. The Morgan fingerprint density at radius 3 is 2.50 bits per heavy atom. The molecule has 32 heavy (non-hydrogen) atoms. The van der Waals surface area contributed by atoms with Crippen LogP contribution in [0.5, 0.6) is 5.75 Å². The van der Waals surface area contributed by atoms with Crippen LogP contribution >= 0.6 is 11.6 Å². The summed E-state index contributed by atoms with van der Waals surface area (Å²) < 4.78 is 19.2. The predicted octanol–water partition coefficient (Wildman–Crippen LogP) is 4.60. The highest BCUT2D eigenvalue weighted by Crippen LogP contribution is 2.31. The highest BCUT2D eigenvalue weighted by Gasteiger charge is 2.32. The van der Waals surface area contributed by atoms with Gasteiger partial charge in [-0.05, 0) is 70.8 Å². The number of ether oxygens (including phenoxy) is 1. The Morgan fingerprint density at radius 2 is 1.84 bits per heavy atom. The van der Waals surface area contributed by atoms with Crippen LogP contribution in [0.2, 0.25) is 5.02 Å². The van der Waals surface area contributed by atoms with Gasteiger partial charge < -0.3 is 14.5 Å². The second-order valence-electron chi connectivity index (χ2n) is 8.91. The van der Waals surface area contributed by atoms with E-state index in [1.165, 1.54) is 12.1 Å². The average Bonchev–Trinajstić information content (AvgIpc) is 2.75. The Kier molecular flexibility index (Phi) is 8.15. The van der Waals surface area contributed by atoms with Crippen molar-refractivity contribution in [3.63, 3.8) is 0 Å². The first-order valence-corrected chi connectivity index (χ1v) is 11.4. The van der Waals surface area contributed by atoms with Crippen LogP contribution in [-0.4, -0.2) is 66.5 Å². The third-order valence-electron chi connectivity index (χ3n) is 6.28. The molecule has 1 heterocycles. The van der Waals surface area contributed by atoms with Crippen LogP contribution in [0.15, 0.2) is 42.5 Å². The van der Waals surface area contributed by atoms with Gasteiger partial charge in [-0.1, -0.05) is 23.7 Å². The fourth-order valence-corrected chi connectivity index (χ4v) is 4.25. The molecular formula is C25H33ClFN3O2. The van der Waals surface area contributed by atoms with Crippen molar-refractivity contribution < 1.29 is 13.9 Å². The van der Waals surface area contributed by atoms with Gasteiger partial charge in [0.25, 0.3) is 5.91 Å². The second kappa shape index (κ2) is 10.6. The number of halogens is 2. The molecule has 7 heteroatoms. The van der Waals surface area contributed by atoms with E-state index in [1.807, 2.05) is 43.3 Å². The van der Waals surface area contributed by atoms with Crippen molar-refractivity contribution in [1.82, 2.24) is 14.7 Å². The molecule has 174 valence electrons. The van der Waals surface area contributed by atoms with E-state index in [4.69, 9.17) is 16.3 Å².